The number of rotatable bonds is 2. The highest BCUT2D eigenvalue weighted by Gasteiger charge is 2.25. The second kappa shape index (κ2) is 5.96. The third-order valence-electron chi connectivity index (χ3n) is 4.40. The van der Waals surface area contributed by atoms with E-state index < -0.39 is 0 Å². The Hall–Kier alpha value is -1.47. The van der Waals surface area contributed by atoms with Gasteiger partial charge >= 0.3 is 0 Å². The smallest absolute Gasteiger partial charge is 0.266 e. The van der Waals surface area contributed by atoms with Crippen LogP contribution in [0.2, 0.25) is 0 Å². The number of hydrogen-bond donors (Lipinski definition) is 1. The number of fused-ring (bicyclic) bond motifs is 1. The van der Waals surface area contributed by atoms with E-state index in [0.29, 0.717) is 10.1 Å². The molecule has 0 unspecified atom stereocenters. The van der Waals surface area contributed by atoms with Gasteiger partial charge in [-0.25, -0.2) is 4.98 Å². The van der Waals surface area contributed by atoms with Crippen molar-refractivity contribution in [1.29, 1.82) is 0 Å². The quantitative estimate of drug-likeness (QED) is 0.882. The van der Waals surface area contributed by atoms with E-state index in [1.165, 1.54) is 0 Å². The van der Waals surface area contributed by atoms with Crippen molar-refractivity contribution in [3.63, 3.8) is 0 Å². The van der Waals surface area contributed by atoms with E-state index in [2.05, 4.69) is 25.9 Å². The number of halogens is 1. The minimum absolute atomic E-state index is 0.0640. The molecule has 7 heteroatoms. The molecular weight excluding hydrogens is 348 g/mol. The van der Waals surface area contributed by atoms with E-state index in [1.54, 1.807) is 17.7 Å². The molecule has 2 aromatic rings. The Morgan fingerprint density at radius 2 is 2.00 bits per heavy atom. The van der Waals surface area contributed by atoms with Crippen molar-refractivity contribution in [1.82, 2.24) is 14.5 Å². The number of ether oxygens (including phenoxy) is 1. The Kier molecular flexibility index (Phi) is 4.18. The van der Waals surface area contributed by atoms with Gasteiger partial charge in [-0.05, 0) is 54.6 Å². The van der Waals surface area contributed by atoms with Crippen molar-refractivity contribution in [2.45, 2.75) is 44.8 Å². The first-order valence-electron chi connectivity index (χ1n) is 7.39. The molecule has 118 valence electrons. The molecule has 0 aromatic carbocycles. The second-order valence-electron chi connectivity index (χ2n) is 5.74. The van der Waals surface area contributed by atoms with Crippen molar-refractivity contribution >= 4 is 32.9 Å². The SMILES string of the molecule is COC1CCC(n2c(=O)c(Br)cc3c(C)nc(N)nc32)CC1. The van der Waals surface area contributed by atoms with Gasteiger partial charge in [-0.1, -0.05) is 0 Å². The standard InChI is InChI=1S/C15H19BrN4O2/c1-8-11-7-12(16)14(21)20(13(11)19-15(17)18-8)9-3-5-10(22-2)6-4-9/h7,9-10H,3-6H2,1-2H3,(H2,17,18,19). The minimum atomic E-state index is -0.0640. The molecule has 3 rings (SSSR count). The van der Waals surface area contributed by atoms with Crippen LogP contribution in [0.3, 0.4) is 0 Å². The van der Waals surface area contributed by atoms with Crippen LogP contribution in [0.25, 0.3) is 11.0 Å². The first-order valence-corrected chi connectivity index (χ1v) is 8.18. The molecule has 0 radical (unpaired) electrons. The van der Waals surface area contributed by atoms with Crippen LogP contribution in [0.5, 0.6) is 0 Å². The van der Waals surface area contributed by atoms with Gasteiger partial charge in [0.15, 0.2) is 0 Å². The third-order valence-corrected chi connectivity index (χ3v) is 4.97. The predicted molar refractivity (Wildman–Crippen MR) is 88.9 cm³/mol. The van der Waals surface area contributed by atoms with Crippen molar-refractivity contribution in [3.05, 3.63) is 26.6 Å². The summed E-state index contributed by atoms with van der Waals surface area (Å²) in [6, 6.07) is 1.90. The summed E-state index contributed by atoms with van der Waals surface area (Å²) in [5, 5.41) is 0.856. The number of aromatic nitrogens is 3. The lowest BCUT2D eigenvalue weighted by Crippen LogP contribution is -2.31. The maximum Gasteiger partial charge on any atom is 0.266 e. The first kappa shape index (κ1) is 15.4. The van der Waals surface area contributed by atoms with Gasteiger partial charge in [0, 0.05) is 18.5 Å². The molecule has 6 nitrogen and oxygen atoms in total. The number of nitrogens with two attached hydrogens (primary N) is 1. The van der Waals surface area contributed by atoms with Gasteiger partial charge in [0.05, 0.1) is 16.3 Å². The van der Waals surface area contributed by atoms with Gasteiger partial charge in [-0.2, -0.15) is 4.98 Å². The Balaban J connectivity index is 2.16. The van der Waals surface area contributed by atoms with Gasteiger partial charge < -0.3 is 10.5 Å². The number of hydrogen-bond acceptors (Lipinski definition) is 5. The van der Waals surface area contributed by atoms with Crippen LogP contribution in [-0.2, 0) is 4.74 Å². The second-order valence-corrected chi connectivity index (χ2v) is 6.59. The van der Waals surface area contributed by atoms with E-state index >= 15 is 0 Å². The average molecular weight is 367 g/mol. The lowest BCUT2D eigenvalue weighted by atomic mass is 9.92. The van der Waals surface area contributed by atoms with E-state index in [4.69, 9.17) is 10.5 Å². The normalized spacial score (nSPS) is 22.1. The Morgan fingerprint density at radius 1 is 1.32 bits per heavy atom. The summed E-state index contributed by atoms with van der Waals surface area (Å²) in [6.45, 7) is 1.88. The van der Waals surface area contributed by atoms with E-state index in [9.17, 15) is 4.79 Å². The monoisotopic (exact) mass is 366 g/mol. The molecule has 1 fully saturated rings. The highest BCUT2D eigenvalue weighted by Crippen LogP contribution is 2.31. The van der Waals surface area contributed by atoms with Gasteiger partial charge in [0.2, 0.25) is 5.95 Å². The predicted octanol–water partition coefficient (Wildman–Crippen LogP) is 2.57. The van der Waals surface area contributed by atoms with Crippen molar-refractivity contribution in [3.8, 4) is 0 Å². The number of pyridine rings is 1. The third kappa shape index (κ3) is 2.63. The molecule has 2 N–H and O–H groups in total. The Bertz CT molecular complexity index is 766. The topological polar surface area (TPSA) is 83.0 Å². The molecule has 0 atom stereocenters. The zero-order valence-corrected chi connectivity index (χ0v) is 14.3. The van der Waals surface area contributed by atoms with Crippen LogP contribution in [0.15, 0.2) is 15.3 Å². The maximum atomic E-state index is 12.6. The van der Waals surface area contributed by atoms with Crippen LogP contribution < -0.4 is 11.3 Å². The van der Waals surface area contributed by atoms with Crippen LogP contribution in [-0.4, -0.2) is 27.7 Å². The molecular formula is C15H19BrN4O2. The summed E-state index contributed by atoms with van der Waals surface area (Å²) < 4.78 is 7.72. The number of anilines is 1. The molecule has 1 saturated carbocycles. The van der Waals surface area contributed by atoms with Crippen LogP contribution in [0, 0.1) is 6.92 Å². The van der Waals surface area contributed by atoms with Crippen molar-refractivity contribution in [2.24, 2.45) is 0 Å². The lowest BCUT2D eigenvalue weighted by Gasteiger charge is -2.29. The highest BCUT2D eigenvalue weighted by molar-refractivity contribution is 9.10. The minimum Gasteiger partial charge on any atom is -0.381 e. The summed E-state index contributed by atoms with van der Waals surface area (Å²) in [4.78, 5) is 21.2. The van der Waals surface area contributed by atoms with Crippen LogP contribution in [0.1, 0.15) is 37.4 Å². The summed E-state index contributed by atoms with van der Waals surface area (Å²) in [7, 11) is 1.74. The van der Waals surface area contributed by atoms with Crippen molar-refractivity contribution in [2.75, 3.05) is 12.8 Å². The van der Waals surface area contributed by atoms with E-state index in [1.807, 2.05) is 6.92 Å². The molecule has 0 bridgehead atoms. The molecule has 0 saturated heterocycles. The lowest BCUT2D eigenvalue weighted by molar-refractivity contribution is 0.0585. The molecule has 0 amide bonds. The fourth-order valence-corrected chi connectivity index (χ4v) is 3.64. The largest absolute Gasteiger partial charge is 0.381 e. The van der Waals surface area contributed by atoms with Gasteiger partial charge in [-0.3, -0.25) is 9.36 Å². The number of methoxy groups -OCH3 is 1. The number of nitrogen functional groups attached to an aromatic ring is 1. The highest BCUT2D eigenvalue weighted by atomic mass is 79.9. The molecule has 0 aliphatic heterocycles. The first-order chi connectivity index (χ1) is 10.5. The number of nitrogens with zero attached hydrogens (tertiary/aromatic N) is 3. The zero-order valence-electron chi connectivity index (χ0n) is 12.7. The maximum absolute atomic E-state index is 12.6. The van der Waals surface area contributed by atoms with Gasteiger partial charge in [-0.15, -0.1) is 0 Å². The molecule has 0 spiro atoms. The fourth-order valence-electron chi connectivity index (χ4n) is 3.22. The molecule has 22 heavy (non-hydrogen) atoms. The van der Waals surface area contributed by atoms with Crippen LogP contribution >= 0.6 is 15.9 Å². The number of aryl methyl sites for hydroxylation is 1. The van der Waals surface area contributed by atoms with Crippen LogP contribution in [0.4, 0.5) is 5.95 Å². The molecule has 2 aromatic heterocycles. The summed E-state index contributed by atoms with van der Waals surface area (Å²) in [5.41, 5.74) is 7.13. The van der Waals surface area contributed by atoms with E-state index in [0.717, 1.165) is 36.8 Å². The molecule has 1 aliphatic rings. The Labute approximate surface area is 136 Å². The fraction of sp³-hybridized carbons (Fsp3) is 0.533. The summed E-state index contributed by atoms with van der Waals surface area (Å²) in [6.07, 6.45) is 3.97. The molecule has 2 heterocycles. The van der Waals surface area contributed by atoms with E-state index in [-0.39, 0.29) is 23.7 Å². The summed E-state index contributed by atoms with van der Waals surface area (Å²) in [5.74, 6) is 0.200. The Morgan fingerprint density at radius 3 is 2.64 bits per heavy atom. The van der Waals surface area contributed by atoms with Gasteiger partial charge in [0.1, 0.15) is 5.65 Å². The van der Waals surface area contributed by atoms with Gasteiger partial charge in [0.25, 0.3) is 5.56 Å². The summed E-state index contributed by atoms with van der Waals surface area (Å²) >= 11 is 3.37. The van der Waals surface area contributed by atoms with Crippen molar-refractivity contribution < 1.29 is 4.74 Å². The molecule has 1 aliphatic carbocycles. The zero-order chi connectivity index (χ0) is 15.9. The average Bonchev–Trinajstić information content (AvgIpc) is 2.50.